The topological polar surface area (TPSA) is 101 Å². The Morgan fingerprint density at radius 3 is 2.51 bits per heavy atom. The molecule has 35 heavy (non-hydrogen) atoms. The number of pyridine rings is 1. The first-order valence-electron chi connectivity index (χ1n) is 11.3. The number of nitrogens with zero attached hydrogens (tertiary/aromatic N) is 6. The summed E-state index contributed by atoms with van der Waals surface area (Å²) in [5, 5.41) is 21.5. The molecule has 0 aliphatic heterocycles. The summed E-state index contributed by atoms with van der Waals surface area (Å²) < 4.78 is 3.46. The van der Waals surface area contributed by atoms with Gasteiger partial charge in [-0.3, -0.25) is 4.79 Å². The quantitative estimate of drug-likeness (QED) is 0.374. The summed E-state index contributed by atoms with van der Waals surface area (Å²) in [5.74, 6) is 0.262. The number of fused-ring (bicyclic) bond motifs is 1. The van der Waals surface area contributed by atoms with Gasteiger partial charge in [-0.05, 0) is 18.6 Å². The number of rotatable bonds is 7. The molecule has 1 N–H and O–H groups in total. The highest BCUT2D eigenvalue weighted by Gasteiger charge is 2.19. The smallest absolute Gasteiger partial charge is 0.257 e. The number of nitrogens with one attached hydrogen (secondary N) is 1. The van der Waals surface area contributed by atoms with Crippen LogP contribution in [0.5, 0.6) is 0 Å². The molecule has 0 unspecified atom stereocenters. The Hall–Kier alpha value is -4.77. The van der Waals surface area contributed by atoms with E-state index in [1.54, 1.807) is 23.0 Å². The van der Waals surface area contributed by atoms with Crippen molar-refractivity contribution in [3.05, 3.63) is 95.8 Å². The zero-order valence-corrected chi connectivity index (χ0v) is 19.2. The molecule has 0 aliphatic rings. The van der Waals surface area contributed by atoms with Gasteiger partial charge in [0.2, 0.25) is 0 Å². The summed E-state index contributed by atoms with van der Waals surface area (Å²) in [6.45, 7) is 2.79. The predicted molar refractivity (Wildman–Crippen MR) is 134 cm³/mol. The lowest BCUT2D eigenvalue weighted by Gasteiger charge is -2.11. The molecule has 3 aromatic heterocycles. The highest BCUT2D eigenvalue weighted by atomic mass is 16.1. The van der Waals surface area contributed by atoms with E-state index in [0.717, 1.165) is 16.8 Å². The SMILES string of the molecule is Cc1cc(NC(=O)c2cc(-c3ccccc3)nc3c2cnn3Cc2ccccc2)n(CCC#N)n1. The number of benzene rings is 2. The first-order chi connectivity index (χ1) is 17.1. The minimum Gasteiger partial charge on any atom is -0.307 e. The predicted octanol–water partition coefficient (Wildman–Crippen LogP) is 4.82. The maximum atomic E-state index is 13.5. The molecule has 5 aromatic rings. The number of carbonyl (C=O) groups excluding carboxylic acids is 1. The fraction of sp³-hybridized carbons (Fsp3) is 0.148. The van der Waals surface area contributed by atoms with E-state index < -0.39 is 0 Å². The second-order valence-corrected chi connectivity index (χ2v) is 8.20. The number of aryl methyl sites for hydroxylation is 2. The van der Waals surface area contributed by atoms with E-state index in [0.29, 0.717) is 47.6 Å². The molecule has 8 heteroatoms. The van der Waals surface area contributed by atoms with Gasteiger partial charge in [-0.2, -0.15) is 15.5 Å². The van der Waals surface area contributed by atoms with Gasteiger partial charge in [-0.25, -0.2) is 14.3 Å². The van der Waals surface area contributed by atoms with E-state index in [1.807, 2.05) is 72.3 Å². The summed E-state index contributed by atoms with van der Waals surface area (Å²) >= 11 is 0. The number of hydrogen-bond acceptors (Lipinski definition) is 5. The molecule has 0 fully saturated rings. The van der Waals surface area contributed by atoms with Gasteiger partial charge in [0, 0.05) is 11.6 Å². The van der Waals surface area contributed by atoms with E-state index in [2.05, 4.69) is 21.6 Å². The van der Waals surface area contributed by atoms with Crippen LogP contribution >= 0.6 is 0 Å². The molecule has 0 radical (unpaired) electrons. The molecule has 0 spiro atoms. The van der Waals surface area contributed by atoms with E-state index in [1.165, 1.54) is 0 Å². The van der Waals surface area contributed by atoms with Crippen molar-refractivity contribution in [2.45, 2.75) is 26.4 Å². The summed E-state index contributed by atoms with van der Waals surface area (Å²) in [4.78, 5) is 18.4. The molecule has 0 saturated carbocycles. The molecule has 2 aromatic carbocycles. The third-order valence-corrected chi connectivity index (χ3v) is 5.68. The Balaban J connectivity index is 1.58. The van der Waals surface area contributed by atoms with Crippen LogP contribution in [0.3, 0.4) is 0 Å². The Morgan fingerprint density at radius 2 is 1.77 bits per heavy atom. The van der Waals surface area contributed by atoms with Gasteiger partial charge in [-0.1, -0.05) is 60.7 Å². The van der Waals surface area contributed by atoms with Crippen molar-refractivity contribution in [1.29, 1.82) is 5.26 Å². The van der Waals surface area contributed by atoms with Crippen molar-refractivity contribution in [3.8, 4) is 17.3 Å². The van der Waals surface area contributed by atoms with Crippen LogP contribution in [-0.4, -0.2) is 30.5 Å². The van der Waals surface area contributed by atoms with Crippen LogP contribution in [-0.2, 0) is 13.1 Å². The van der Waals surface area contributed by atoms with Crippen molar-refractivity contribution < 1.29 is 4.79 Å². The average Bonchev–Trinajstić information content (AvgIpc) is 3.45. The first-order valence-corrected chi connectivity index (χ1v) is 11.3. The summed E-state index contributed by atoms with van der Waals surface area (Å²) in [7, 11) is 0. The lowest BCUT2D eigenvalue weighted by molar-refractivity contribution is 0.102. The highest BCUT2D eigenvalue weighted by molar-refractivity contribution is 6.12. The Kier molecular flexibility index (Phi) is 6.05. The monoisotopic (exact) mass is 461 g/mol. The molecule has 3 heterocycles. The molecule has 0 atom stereocenters. The maximum absolute atomic E-state index is 13.5. The van der Waals surface area contributed by atoms with Gasteiger partial charge < -0.3 is 5.32 Å². The fourth-order valence-corrected chi connectivity index (χ4v) is 4.02. The van der Waals surface area contributed by atoms with Gasteiger partial charge in [0.05, 0.1) is 54.1 Å². The Bertz CT molecular complexity index is 1530. The number of nitriles is 1. The molecule has 0 aliphatic carbocycles. The Morgan fingerprint density at radius 1 is 1.03 bits per heavy atom. The van der Waals surface area contributed by atoms with Crippen LogP contribution in [0.25, 0.3) is 22.3 Å². The molecule has 0 bridgehead atoms. The van der Waals surface area contributed by atoms with Gasteiger partial charge in [0.1, 0.15) is 5.82 Å². The van der Waals surface area contributed by atoms with Crippen LogP contribution in [0.2, 0.25) is 0 Å². The average molecular weight is 462 g/mol. The largest absolute Gasteiger partial charge is 0.307 e. The molecule has 8 nitrogen and oxygen atoms in total. The van der Waals surface area contributed by atoms with E-state index in [-0.39, 0.29) is 5.91 Å². The number of carbonyl (C=O) groups is 1. The van der Waals surface area contributed by atoms with Crippen LogP contribution < -0.4 is 5.32 Å². The Labute approximate surface area is 202 Å². The van der Waals surface area contributed by atoms with Crippen LogP contribution in [0.4, 0.5) is 5.82 Å². The third kappa shape index (κ3) is 4.66. The summed E-state index contributed by atoms with van der Waals surface area (Å²) in [6.07, 6.45) is 1.99. The lowest BCUT2D eigenvalue weighted by Crippen LogP contribution is -2.16. The number of anilines is 1. The second kappa shape index (κ2) is 9.61. The molecular weight excluding hydrogens is 438 g/mol. The molecular formula is C27H23N7O. The van der Waals surface area contributed by atoms with E-state index >= 15 is 0 Å². The van der Waals surface area contributed by atoms with Gasteiger partial charge in [-0.15, -0.1) is 0 Å². The van der Waals surface area contributed by atoms with Gasteiger partial charge in [0.15, 0.2) is 5.65 Å². The number of aromatic nitrogens is 5. The summed E-state index contributed by atoms with van der Waals surface area (Å²) in [6, 6.07) is 25.5. The van der Waals surface area contributed by atoms with Crippen LogP contribution in [0.15, 0.2) is 79.0 Å². The van der Waals surface area contributed by atoms with Gasteiger partial charge in [0.25, 0.3) is 5.91 Å². The van der Waals surface area contributed by atoms with Crippen LogP contribution in [0, 0.1) is 18.3 Å². The molecule has 172 valence electrons. The van der Waals surface area contributed by atoms with Crippen molar-refractivity contribution >= 4 is 22.8 Å². The molecule has 5 rings (SSSR count). The van der Waals surface area contributed by atoms with Crippen molar-refractivity contribution in [1.82, 2.24) is 24.5 Å². The van der Waals surface area contributed by atoms with Crippen molar-refractivity contribution in [3.63, 3.8) is 0 Å². The zero-order valence-electron chi connectivity index (χ0n) is 19.2. The third-order valence-electron chi connectivity index (χ3n) is 5.68. The number of amides is 1. The normalized spacial score (nSPS) is 10.9. The first kappa shape index (κ1) is 22.0. The van der Waals surface area contributed by atoms with Gasteiger partial charge >= 0.3 is 0 Å². The van der Waals surface area contributed by atoms with Crippen molar-refractivity contribution in [2.24, 2.45) is 0 Å². The maximum Gasteiger partial charge on any atom is 0.257 e. The minimum atomic E-state index is -0.285. The fourth-order valence-electron chi connectivity index (χ4n) is 4.02. The standard InChI is InChI=1S/C27H23N7O/c1-19-15-25(33(32-19)14-8-13-28)31-27(35)22-16-24(21-11-6-3-7-12-21)30-26-23(22)17-29-34(26)18-20-9-4-2-5-10-20/h2-7,9-12,15-17H,8,14,18H2,1H3,(H,31,35). The zero-order chi connectivity index (χ0) is 24.2. The number of hydrogen-bond donors (Lipinski definition) is 1. The van der Waals surface area contributed by atoms with E-state index in [9.17, 15) is 4.79 Å². The molecule has 0 saturated heterocycles. The minimum absolute atomic E-state index is 0.285. The molecule has 1 amide bonds. The van der Waals surface area contributed by atoms with Crippen molar-refractivity contribution in [2.75, 3.05) is 5.32 Å². The summed E-state index contributed by atoms with van der Waals surface area (Å²) in [5.41, 5.74) is 4.55. The second-order valence-electron chi connectivity index (χ2n) is 8.20. The van der Waals surface area contributed by atoms with Crippen LogP contribution in [0.1, 0.15) is 28.0 Å². The highest BCUT2D eigenvalue weighted by Crippen LogP contribution is 2.26. The van der Waals surface area contributed by atoms with E-state index in [4.69, 9.17) is 10.2 Å². The lowest BCUT2D eigenvalue weighted by atomic mass is 10.1.